The highest BCUT2D eigenvalue weighted by Crippen LogP contribution is 2.41. The first-order valence-corrected chi connectivity index (χ1v) is 14.5. The van der Waals surface area contributed by atoms with Gasteiger partial charge in [-0.2, -0.15) is 0 Å². The number of nitrogens with zero attached hydrogens (tertiary/aromatic N) is 3. The van der Waals surface area contributed by atoms with Gasteiger partial charge in [0.15, 0.2) is 4.80 Å². The van der Waals surface area contributed by atoms with Gasteiger partial charge in [-0.1, -0.05) is 53.3 Å². The molecule has 2 aliphatic rings. The molecular weight excluding hydrogens is 560 g/mol. The van der Waals surface area contributed by atoms with Crippen molar-refractivity contribution in [2.45, 2.75) is 26.8 Å². The van der Waals surface area contributed by atoms with Crippen molar-refractivity contribution >= 4 is 56.8 Å². The molecule has 3 heterocycles. The van der Waals surface area contributed by atoms with E-state index in [0.717, 1.165) is 22.1 Å². The van der Waals surface area contributed by atoms with Crippen molar-refractivity contribution in [1.29, 1.82) is 0 Å². The maximum atomic E-state index is 14.4. The van der Waals surface area contributed by atoms with E-state index in [-0.39, 0.29) is 21.9 Å². The molecule has 6 rings (SSSR count). The van der Waals surface area contributed by atoms with Gasteiger partial charge in [-0.15, -0.1) is 0 Å². The van der Waals surface area contributed by atoms with Crippen LogP contribution in [0.5, 0.6) is 5.75 Å². The van der Waals surface area contributed by atoms with Gasteiger partial charge < -0.3 is 15.0 Å². The number of methoxy groups -OCH3 is 1. The lowest BCUT2D eigenvalue weighted by Crippen LogP contribution is -2.43. The number of ether oxygens (including phenoxy) is 1. The minimum atomic E-state index is -0.835. The van der Waals surface area contributed by atoms with Crippen LogP contribution >= 0.6 is 22.9 Å². The normalized spacial score (nSPS) is 17.2. The predicted octanol–water partition coefficient (Wildman–Crippen LogP) is 4.24. The zero-order valence-electron chi connectivity index (χ0n) is 22.9. The number of amides is 2. The molecule has 2 aliphatic heterocycles. The SMILES string of the molecule is CCN(CC)C(=O)C1=C(C)N=c2s/c(=C3/C(=O)Nc4ccc(Cl)cc43)c(=O)n2[C@@H]1c1c(OC)ccc2ccccc12. The van der Waals surface area contributed by atoms with E-state index in [1.165, 1.54) is 4.57 Å². The van der Waals surface area contributed by atoms with Gasteiger partial charge in [0.2, 0.25) is 0 Å². The number of thiazole rings is 1. The van der Waals surface area contributed by atoms with Crippen LogP contribution in [0, 0.1) is 0 Å². The number of anilines is 1. The van der Waals surface area contributed by atoms with E-state index >= 15 is 0 Å². The highest BCUT2D eigenvalue weighted by molar-refractivity contribution is 7.07. The van der Waals surface area contributed by atoms with E-state index in [1.54, 1.807) is 37.1 Å². The molecule has 0 saturated heterocycles. The first-order chi connectivity index (χ1) is 19.8. The third-order valence-corrected chi connectivity index (χ3v) is 8.94. The fourth-order valence-corrected chi connectivity index (χ4v) is 7.01. The Bertz CT molecular complexity index is 1990. The van der Waals surface area contributed by atoms with E-state index in [0.29, 0.717) is 56.7 Å². The molecule has 0 unspecified atom stereocenters. The molecule has 1 atom stereocenters. The molecule has 10 heteroatoms. The standard InChI is InChI=1S/C31H27ClN4O4S/c1-5-35(6-2)29(38)23-16(3)33-31-36(26(23)24-19-10-8-7-9-17(19)11-14-22(24)40-4)30(39)27(41-31)25-20-15-18(32)12-13-21(20)34-28(25)37/h7-15,26H,5-6H2,1-4H3,(H,34,37)/b27-25+/t26-/m0/s1. The third-order valence-electron chi connectivity index (χ3n) is 7.66. The summed E-state index contributed by atoms with van der Waals surface area (Å²) in [6, 6.07) is 15.9. The number of rotatable bonds is 5. The van der Waals surface area contributed by atoms with Crippen LogP contribution in [-0.2, 0) is 9.59 Å². The molecule has 4 aromatic rings. The maximum Gasteiger partial charge on any atom is 0.271 e. The van der Waals surface area contributed by atoms with Crippen molar-refractivity contribution in [2.75, 3.05) is 25.5 Å². The van der Waals surface area contributed by atoms with Gasteiger partial charge in [0.1, 0.15) is 16.3 Å². The summed E-state index contributed by atoms with van der Waals surface area (Å²) in [4.78, 5) is 48.6. The van der Waals surface area contributed by atoms with Gasteiger partial charge >= 0.3 is 0 Å². The lowest BCUT2D eigenvalue weighted by atomic mass is 9.90. The highest BCUT2D eigenvalue weighted by Gasteiger charge is 2.38. The van der Waals surface area contributed by atoms with Crippen LogP contribution in [-0.4, -0.2) is 41.5 Å². The number of aromatic nitrogens is 1. The van der Waals surface area contributed by atoms with E-state index in [4.69, 9.17) is 21.3 Å². The summed E-state index contributed by atoms with van der Waals surface area (Å²) in [5.74, 6) is -0.0471. The number of carbonyl (C=O) groups is 2. The summed E-state index contributed by atoms with van der Waals surface area (Å²) in [5.41, 5.74) is 2.57. The average Bonchev–Trinajstić information content (AvgIpc) is 3.46. The molecule has 8 nitrogen and oxygen atoms in total. The second-order valence-corrected chi connectivity index (χ2v) is 11.2. The second-order valence-electron chi connectivity index (χ2n) is 9.80. The number of nitrogens with one attached hydrogen (secondary N) is 1. The number of benzene rings is 3. The van der Waals surface area contributed by atoms with Crippen molar-refractivity contribution < 1.29 is 14.3 Å². The molecule has 1 aromatic heterocycles. The molecule has 0 aliphatic carbocycles. The first kappa shape index (κ1) is 27.0. The van der Waals surface area contributed by atoms with Crippen molar-refractivity contribution in [3.05, 3.63) is 102 Å². The van der Waals surface area contributed by atoms with Crippen molar-refractivity contribution in [3.8, 4) is 5.75 Å². The van der Waals surface area contributed by atoms with Gasteiger partial charge in [0.25, 0.3) is 17.4 Å². The average molecular weight is 587 g/mol. The summed E-state index contributed by atoms with van der Waals surface area (Å²) in [6.07, 6.45) is 0. The molecule has 3 aromatic carbocycles. The number of carbonyl (C=O) groups excluding carboxylic acids is 2. The van der Waals surface area contributed by atoms with Crippen LogP contribution in [0.2, 0.25) is 5.02 Å². The van der Waals surface area contributed by atoms with Gasteiger partial charge in [-0.25, -0.2) is 4.99 Å². The van der Waals surface area contributed by atoms with E-state index in [2.05, 4.69) is 5.32 Å². The van der Waals surface area contributed by atoms with Crippen molar-refractivity contribution in [3.63, 3.8) is 0 Å². The zero-order valence-corrected chi connectivity index (χ0v) is 24.5. The summed E-state index contributed by atoms with van der Waals surface area (Å²) in [5, 5.41) is 5.08. The largest absolute Gasteiger partial charge is 0.496 e. The molecule has 2 amide bonds. The molecule has 0 spiro atoms. The molecule has 208 valence electrons. The Morgan fingerprint density at radius 1 is 1.12 bits per heavy atom. The molecule has 0 radical (unpaired) electrons. The number of hydrogen-bond acceptors (Lipinski definition) is 6. The summed E-state index contributed by atoms with van der Waals surface area (Å²) >= 11 is 7.40. The lowest BCUT2D eigenvalue weighted by Gasteiger charge is -2.30. The summed E-state index contributed by atoms with van der Waals surface area (Å²) in [7, 11) is 1.57. The van der Waals surface area contributed by atoms with E-state index < -0.39 is 11.6 Å². The van der Waals surface area contributed by atoms with Gasteiger partial charge in [-0.05, 0) is 55.8 Å². The second kappa shape index (κ2) is 10.3. The number of likely N-dealkylation sites (N-methyl/N-ethyl adjacent to an activating group) is 1. The van der Waals surface area contributed by atoms with Crippen LogP contribution in [0.25, 0.3) is 16.3 Å². The zero-order chi connectivity index (χ0) is 29.0. The molecular formula is C31H27ClN4O4S. The fourth-order valence-electron chi connectivity index (χ4n) is 5.70. The van der Waals surface area contributed by atoms with Crippen molar-refractivity contribution in [1.82, 2.24) is 9.47 Å². The highest BCUT2D eigenvalue weighted by atomic mass is 35.5. The number of hydrogen-bond donors (Lipinski definition) is 1. The quantitative estimate of drug-likeness (QED) is 0.379. The third kappa shape index (κ3) is 4.19. The van der Waals surface area contributed by atoms with Crippen LogP contribution in [0.15, 0.2) is 75.7 Å². The molecule has 0 saturated carbocycles. The Kier molecular flexibility index (Phi) is 6.79. The van der Waals surface area contributed by atoms with Crippen LogP contribution in [0.3, 0.4) is 0 Å². The fraction of sp³-hybridized carbons (Fsp3) is 0.226. The first-order valence-electron chi connectivity index (χ1n) is 13.3. The molecule has 0 bridgehead atoms. The number of halogens is 1. The maximum absolute atomic E-state index is 14.4. The van der Waals surface area contributed by atoms with Gasteiger partial charge in [0, 0.05) is 34.9 Å². The smallest absolute Gasteiger partial charge is 0.271 e. The molecule has 1 N–H and O–H groups in total. The molecule has 0 fully saturated rings. The number of fused-ring (bicyclic) bond motifs is 3. The van der Waals surface area contributed by atoms with E-state index in [1.807, 2.05) is 50.2 Å². The topological polar surface area (TPSA) is 93.0 Å². The minimum Gasteiger partial charge on any atom is -0.496 e. The van der Waals surface area contributed by atoms with Crippen LogP contribution in [0.4, 0.5) is 5.69 Å². The van der Waals surface area contributed by atoms with Crippen molar-refractivity contribution in [2.24, 2.45) is 4.99 Å². The van der Waals surface area contributed by atoms with Crippen LogP contribution < -0.4 is 24.9 Å². The predicted molar refractivity (Wildman–Crippen MR) is 161 cm³/mol. The Balaban J connectivity index is 1.73. The molecule has 41 heavy (non-hydrogen) atoms. The lowest BCUT2D eigenvalue weighted by molar-refractivity contribution is -0.127. The Morgan fingerprint density at radius 2 is 1.88 bits per heavy atom. The Labute approximate surface area is 244 Å². The van der Waals surface area contributed by atoms with Gasteiger partial charge in [-0.3, -0.25) is 19.0 Å². The Hall–Kier alpha value is -4.21. The minimum absolute atomic E-state index is 0.204. The van der Waals surface area contributed by atoms with Gasteiger partial charge in [0.05, 0.1) is 24.0 Å². The van der Waals surface area contributed by atoms with Crippen LogP contribution in [0.1, 0.15) is 37.9 Å². The summed E-state index contributed by atoms with van der Waals surface area (Å²) in [6.45, 7) is 6.63. The number of allylic oxidation sites excluding steroid dienone is 1. The monoisotopic (exact) mass is 586 g/mol. The van der Waals surface area contributed by atoms with E-state index in [9.17, 15) is 14.4 Å². The summed E-state index contributed by atoms with van der Waals surface area (Å²) < 4.78 is 7.62. The Morgan fingerprint density at radius 3 is 2.61 bits per heavy atom.